The van der Waals surface area contributed by atoms with Crippen molar-refractivity contribution in [3.63, 3.8) is 0 Å². The molecule has 0 aliphatic heterocycles. The van der Waals surface area contributed by atoms with E-state index in [1.54, 1.807) is 18.7 Å². The standard InChI is InChI=1S/C12H15N5S/c13-11(18)10-3-1-4-15-12(10)16-5-2-7-17-8-6-14-9-17/h1,3-4,6,8-9H,2,5,7H2,(H2,13,18)(H,15,16). The number of aryl methyl sites for hydroxylation is 1. The molecule has 94 valence electrons. The normalized spacial score (nSPS) is 10.2. The van der Waals surface area contributed by atoms with Gasteiger partial charge in [0.25, 0.3) is 0 Å². The molecule has 2 aromatic heterocycles. The molecule has 0 saturated carbocycles. The van der Waals surface area contributed by atoms with Crippen LogP contribution in [-0.4, -0.2) is 26.1 Å². The molecule has 5 nitrogen and oxygen atoms in total. The van der Waals surface area contributed by atoms with Gasteiger partial charge in [0.2, 0.25) is 0 Å². The number of hydrogen-bond donors (Lipinski definition) is 2. The zero-order valence-corrected chi connectivity index (χ0v) is 10.7. The molecule has 0 bridgehead atoms. The Labute approximate surface area is 111 Å². The Morgan fingerprint density at radius 3 is 3.06 bits per heavy atom. The van der Waals surface area contributed by atoms with Crippen LogP contribution in [0.4, 0.5) is 5.82 Å². The molecular formula is C12H15N5S. The van der Waals surface area contributed by atoms with Crippen molar-refractivity contribution in [2.24, 2.45) is 5.73 Å². The Bertz CT molecular complexity index is 509. The van der Waals surface area contributed by atoms with Crippen molar-refractivity contribution in [1.82, 2.24) is 14.5 Å². The molecule has 0 unspecified atom stereocenters. The fourth-order valence-electron chi connectivity index (χ4n) is 1.63. The van der Waals surface area contributed by atoms with E-state index in [0.717, 1.165) is 30.9 Å². The van der Waals surface area contributed by atoms with Gasteiger partial charge in [-0.05, 0) is 18.6 Å². The van der Waals surface area contributed by atoms with Crippen LogP contribution < -0.4 is 11.1 Å². The number of aromatic nitrogens is 3. The highest BCUT2D eigenvalue weighted by Gasteiger charge is 2.04. The number of hydrogen-bond acceptors (Lipinski definition) is 4. The third-order valence-electron chi connectivity index (χ3n) is 2.52. The third kappa shape index (κ3) is 3.27. The highest BCUT2D eigenvalue weighted by molar-refractivity contribution is 7.80. The van der Waals surface area contributed by atoms with Crippen molar-refractivity contribution < 1.29 is 0 Å². The predicted octanol–water partition coefficient (Wildman–Crippen LogP) is 1.41. The monoisotopic (exact) mass is 261 g/mol. The second-order valence-electron chi connectivity index (χ2n) is 3.84. The first-order valence-electron chi connectivity index (χ1n) is 5.72. The molecule has 0 saturated heterocycles. The smallest absolute Gasteiger partial charge is 0.136 e. The van der Waals surface area contributed by atoms with Crippen LogP contribution in [0.1, 0.15) is 12.0 Å². The molecule has 2 rings (SSSR count). The maximum atomic E-state index is 5.64. The second kappa shape index (κ2) is 6.11. The van der Waals surface area contributed by atoms with Crippen LogP contribution in [0.2, 0.25) is 0 Å². The number of nitrogens with zero attached hydrogens (tertiary/aromatic N) is 3. The van der Waals surface area contributed by atoms with Gasteiger partial charge in [-0.1, -0.05) is 12.2 Å². The number of thiocarbonyl (C=S) groups is 1. The number of anilines is 1. The van der Waals surface area contributed by atoms with E-state index in [2.05, 4.69) is 15.3 Å². The number of nitrogens with one attached hydrogen (secondary N) is 1. The van der Waals surface area contributed by atoms with Gasteiger partial charge in [-0.25, -0.2) is 9.97 Å². The van der Waals surface area contributed by atoms with Gasteiger partial charge in [0.05, 0.1) is 11.9 Å². The van der Waals surface area contributed by atoms with E-state index in [1.807, 2.05) is 22.9 Å². The fourth-order valence-corrected chi connectivity index (χ4v) is 1.80. The molecule has 2 aromatic rings. The molecule has 18 heavy (non-hydrogen) atoms. The van der Waals surface area contributed by atoms with Crippen molar-refractivity contribution >= 4 is 23.0 Å². The van der Waals surface area contributed by atoms with Crippen LogP contribution in [0.3, 0.4) is 0 Å². The zero-order chi connectivity index (χ0) is 12.8. The van der Waals surface area contributed by atoms with E-state index in [9.17, 15) is 0 Å². The Kier molecular flexibility index (Phi) is 4.25. The first-order valence-corrected chi connectivity index (χ1v) is 6.12. The van der Waals surface area contributed by atoms with E-state index < -0.39 is 0 Å². The lowest BCUT2D eigenvalue weighted by Gasteiger charge is -2.09. The summed E-state index contributed by atoms with van der Waals surface area (Å²) in [6.45, 7) is 1.73. The van der Waals surface area contributed by atoms with Crippen molar-refractivity contribution in [2.75, 3.05) is 11.9 Å². The SMILES string of the molecule is NC(=S)c1cccnc1NCCCn1ccnc1. The minimum atomic E-state index is 0.361. The van der Waals surface area contributed by atoms with E-state index in [-0.39, 0.29) is 0 Å². The molecule has 0 amide bonds. The largest absolute Gasteiger partial charge is 0.389 e. The molecule has 0 fully saturated rings. The van der Waals surface area contributed by atoms with E-state index in [0.29, 0.717) is 4.99 Å². The summed E-state index contributed by atoms with van der Waals surface area (Å²) in [6.07, 6.45) is 8.23. The van der Waals surface area contributed by atoms with E-state index in [1.165, 1.54) is 0 Å². The molecule has 3 N–H and O–H groups in total. The number of nitrogens with two attached hydrogens (primary N) is 1. The summed E-state index contributed by atoms with van der Waals surface area (Å²) in [4.78, 5) is 8.59. The Balaban J connectivity index is 1.85. The summed E-state index contributed by atoms with van der Waals surface area (Å²) < 4.78 is 2.04. The highest BCUT2D eigenvalue weighted by Crippen LogP contribution is 2.10. The zero-order valence-electron chi connectivity index (χ0n) is 9.91. The molecule has 0 aliphatic rings. The molecule has 2 heterocycles. The van der Waals surface area contributed by atoms with Gasteiger partial charge in [-0.2, -0.15) is 0 Å². The summed E-state index contributed by atoms with van der Waals surface area (Å²) in [7, 11) is 0. The number of imidazole rings is 1. The van der Waals surface area contributed by atoms with Gasteiger partial charge < -0.3 is 15.6 Å². The summed E-state index contributed by atoms with van der Waals surface area (Å²) in [6, 6.07) is 3.69. The third-order valence-corrected chi connectivity index (χ3v) is 2.74. The fraction of sp³-hybridized carbons (Fsp3) is 0.250. The summed E-state index contributed by atoms with van der Waals surface area (Å²) in [5.41, 5.74) is 6.42. The summed E-state index contributed by atoms with van der Waals surface area (Å²) in [5, 5.41) is 3.24. The van der Waals surface area contributed by atoms with Crippen LogP contribution in [0.15, 0.2) is 37.1 Å². The van der Waals surface area contributed by atoms with Crippen molar-refractivity contribution in [2.45, 2.75) is 13.0 Å². The van der Waals surface area contributed by atoms with Gasteiger partial charge in [0.1, 0.15) is 10.8 Å². The van der Waals surface area contributed by atoms with Gasteiger partial charge in [-0.3, -0.25) is 0 Å². The lowest BCUT2D eigenvalue weighted by atomic mass is 10.2. The van der Waals surface area contributed by atoms with Crippen LogP contribution in [0, 0.1) is 0 Å². The Morgan fingerprint density at radius 2 is 2.33 bits per heavy atom. The minimum Gasteiger partial charge on any atom is -0.389 e. The summed E-state index contributed by atoms with van der Waals surface area (Å²) >= 11 is 4.98. The summed E-state index contributed by atoms with van der Waals surface area (Å²) in [5.74, 6) is 0.746. The minimum absolute atomic E-state index is 0.361. The average molecular weight is 261 g/mol. The van der Waals surface area contributed by atoms with Crippen molar-refractivity contribution in [3.05, 3.63) is 42.6 Å². The molecule has 0 radical (unpaired) electrons. The maximum Gasteiger partial charge on any atom is 0.136 e. The molecule has 0 atom stereocenters. The average Bonchev–Trinajstić information content (AvgIpc) is 2.88. The highest BCUT2D eigenvalue weighted by atomic mass is 32.1. The first-order chi connectivity index (χ1) is 8.77. The van der Waals surface area contributed by atoms with Gasteiger partial charge in [-0.15, -0.1) is 0 Å². The molecule has 0 spiro atoms. The number of rotatable bonds is 6. The topological polar surface area (TPSA) is 68.8 Å². The quantitative estimate of drug-likeness (QED) is 0.608. The Hall–Kier alpha value is -1.95. The van der Waals surface area contributed by atoms with E-state index >= 15 is 0 Å². The lowest BCUT2D eigenvalue weighted by molar-refractivity contribution is 0.660. The number of pyridine rings is 1. The van der Waals surface area contributed by atoms with Crippen LogP contribution in [-0.2, 0) is 6.54 Å². The molecule has 0 aromatic carbocycles. The van der Waals surface area contributed by atoms with Crippen LogP contribution in [0.25, 0.3) is 0 Å². The molecule has 0 aliphatic carbocycles. The van der Waals surface area contributed by atoms with Crippen molar-refractivity contribution in [1.29, 1.82) is 0 Å². The first kappa shape index (κ1) is 12.5. The molecular weight excluding hydrogens is 246 g/mol. The van der Waals surface area contributed by atoms with Crippen LogP contribution >= 0.6 is 12.2 Å². The van der Waals surface area contributed by atoms with E-state index in [4.69, 9.17) is 18.0 Å². The van der Waals surface area contributed by atoms with Crippen LogP contribution in [0.5, 0.6) is 0 Å². The van der Waals surface area contributed by atoms with Crippen molar-refractivity contribution in [3.8, 4) is 0 Å². The lowest BCUT2D eigenvalue weighted by Crippen LogP contribution is -2.15. The maximum absolute atomic E-state index is 5.64. The Morgan fingerprint density at radius 1 is 1.44 bits per heavy atom. The van der Waals surface area contributed by atoms with Gasteiger partial charge in [0, 0.05) is 31.7 Å². The van der Waals surface area contributed by atoms with Gasteiger partial charge >= 0.3 is 0 Å². The second-order valence-corrected chi connectivity index (χ2v) is 4.28. The molecule has 6 heteroatoms. The van der Waals surface area contributed by atoms with Gasteiger partial charge in [0.15, 0.2) is 0 Å². The predicted molar refractivity (Wildman–Crippen MR) is 75.5 cm³/mol.